The molecule has 0 unspecified atom stereocenters. The second kappa shape index (κ2) is 7.26. The first-order chi connectivity index (χ1) is 9.98. The number of alkyl halides is 3. The Morgan fingerprint density at radius 3 is 2.71 bits per heavy atom. The van der Waals surface area contributed by atoms with Crippen LogP contribution in [0.4, 0.5) is 13.2 Å². The van der Waals surface area contributed by atoms with Crippen LogP contribution >= 0.6 is 11.8 Å². The maximum atomic E-state index is 12.1. The van der Waals surface area contributed by atoms with E-state index >= 15 is 0 Å². The number of ether oxygens (including phenoxy) is 2. The SMILES string of the molecule is COc1ccc(CNC2CC2)c(OCCSC(F)(F)F)c1. The van der Waals surface area contributed by atoms with Crippen LogP contribution in [0.15, 0.2) is 18.2 Å². The lowest BCUT2D eigenvalue weighted by molar-refractivity contribution is -0.0329. The van der Waals surface area contributed by atoms with E-state index in [-0.39, 0.29) is 24.1 Å². The van der Waals surface area contributed by atoms with Crippen LogP contribution in [0.5, 0.6) is 11.5 Å². The van der Waals surface area contributed by atoms with Crippen molar-refractivity contribution in [2.45, 2.75) is 30.9 Å². The molecule has 1 N–H and O–H groups in total. The summed E-state index contributed by atoms with van der Waals surface area (Å²) in [6.07, 6.45) is 2.35. The molecule has 0 aromatic heterocycles. The van der Waals surface area contributed by atoms with Crippen molar-refractivity contribution in [2.24, 2.45) is 0 Å². The van der Waals surface area contributed by atoms with Gasteiger partial charge in [-0.05, 0) is 30.7 Å². The second-order valence-electron chi connectivity index (χ2n) is 4.77. The summed E-state index contributed by atoms with van der Waals surface area (Å²) in [5, 5.41) is 3.36. The summed E-state index contributed by atoms with van der Waals surface area (Å²) in [4.78, 5) is 0. The topological polar surface area (TPSA) is 30.5 Å². The molecule has 118 valence electrons. The van der Waals surface area contributed by atoms with Crippen LogP contribution in [0.1, 0.15) is 18.4 Å². The van der Waals surface area contributed by atoms with E-state index in [0.717, 1.165) is 5.56 Å². The number of halogens is 3. The van der Waals surface area contributed by atoms with Crippen molar-refractivity contribution in [1.82, 2.24) is 5.32 Å². The zero-order valence-corrected chi connectivity index (χ0v) is 12.5. The molecule has 1 aliphatic rings. The predicted octanol–water partition coefficient (Wildman–Crippen LogP) is 3.58. The van der Waals surface area contributed by atoms with Gasteiger partial charge in [0.2, 0.25) is 0 Å². The van der Waals surface area contributed by atoms with Gasteiger partial charge in [0, 0.05) is 30.0 Å². The minimum Gasteiger partial charge on any atom is -0.497 e. The molecule has 21 heavy (non-hydrogen) atoms. The van der Waals surface area contributed by atoms with Gasteiger partial charge in [-0.25, -0.2) is 0 Å². The number of methoxy groups -OCH3 is 1. The summed E-state index contributed by atoms with van der Waals surface area (Å²) in [6.45, 7) is 0.657. The monoisotopic (exact) mass is 321 g/mol. The Hall–Kier alpha value is -1.08. The van der Waals surface area contributed by atoms with E-state index < -0.39 is 5.51 Å². The third-order valence-corrected chi connectivity index (χ3v) is 3.74. The number of hydrogen-bond acceptors (Lipinski definition) is 4. The van der Waals surface area contributed by atoms with Gasteiger partial charge >= 0.3 is 5.51 Å². The standard InChI is InChI=1S/C14H18F3NO2S/c1-19-12-5-2-10(9-18-11-3-4-11)13(8-12)20-6-7-21-14(15,16)17/h2,5,8,11,18H,3-4,6-7,9H2,1H3. The fraction of sp³-hybridized carbons (Fsp3) is 0.571. The van der Waals surface area contributed by atoms with Gasteiger partial charge in [-0.3, -0.25) is 0 Å². The minimum atomic E-state index is -4.21. The normalized spacial score (nSPS) is 15.0. The fourth-order valence-electron chi connectivity index (χ4n) is 1.79. The van der Waals surface area contributed by atoms with Crippen LogP contribution in [0.25, 0.3) is 0 Å². The smallest absolute Gasteiger partial charge is 0.441 e. The number of benzene rings is 1. The van der Waals surface area contributed by atoms with Crippen LogP contribution in [0.3, 0.4) is 0 Å². The summed E-state index contributed by atoms with van der Waals surface area (Å²) in [7, 11) is 1.54. The maximum absolute atomic E-state index is 12.1. The molecule has 0 aliphatic heterocycles. The molecule has 0 radical (unpaired) electrons. The predicted molar refractivity (Wildman–Crippen MR) is 76.9 cm³/mol. The van der Waals surface area contributed by atoms with E-state index in [9.17, 15) is 13.2 Å². The third-order valence-electron chi connectivity index (χ3n) is 3.04. The van der Waals surface area contributed by atoms with Gasteiger partial charge in [-0.15, -0.1) is 0 Å². The van der Waals surface area contributed by atoms with Gasteiger partial charge in [0.15, 0.2) is 0 Å². The molecule has 1 fully saturated rings. The molecule has 0 heterocycles. The quantitative estimate of drug-likeness (QED) is 0.742. The highest BCUT2D eigenvalue weighted by Gasteiger charge is 2.27. The highest BCUT2D eigenvalue weighted by atomic mass is 32.2. The molecule has 1 aliphatic carbocycles. The highest BCUT2D eigenvalue weighted by molar-refractivity contribution is 8.00. The summed E-state index contributed by atoms with van der Waals surface area (Å²) in [5.74, 6) is 1.07. The Labute approximate surface area is 126 Å². The largest absolute Gasteiger partial charge is 0.497 e. The summed E-state index contributed by atoms with van der Waals surface area (Å²) >= 11 is -0.0750. The first-order valence-electron chi connectivity index (χ1n) is 6.72. The Morgan fingerprint density at radius 2 is 2.10 bits per heavy atom. The number of thioether (sulfide) groups is 1. The summed E-state index contributed by atoms with van der Waals surface area (Å²) in [5.41, 5.74) is -3.28. The molecule has 0 spiro atoms. The zero-order chi connectivity index (χ0) is 15.3. The van der Waals surface area contributed by atoms with Crippen molar-refractivity contribution >= 4 is 11.8 Å². The second-order valence-corrected chi connectivity index (χ2v) is 5.93. The van der Waals surface area contributed by atoms with Crippen molar-refractivity contribution in [1.29, 1.82) is 0 Å². The van der Waals surface area contributed by atoms with Gasteiger partial charge in [0.25, 0.3) is 0 Å². The molecule has 1 aromatic rings. The average Bonchev–Trinajstić information content (AvgIpc) is 3.25. The molecule has 1 aromatic carbocycles. The average molecular weight is 321 g/mol. The molecular weight excluding hydrogens is 303 g/mol. The van der Waals surface area contributed by atoms with Crippen molar-refractivity contribution < 1.29 is 22.6 Å². The van der Waals surface area contributed by atoms with Crippen LogP contribution in [-0.4, -0.2) is 31.0 Å². The molecule has 0 saturated heterocycles. The minimum absolute atomic E-state index is 0.00771. The van der Waals surface area contributed by atoms with Crippen LogP contribution in [0.2, 0.25) is 0 Å². The van der Waals surface area contributed by atoms with Crippen LogP contribution in [0, 0.1) is 0 Å². The Kier molecular flexibility index (Phi) is 5.64. The van der Waals surface area contributed by atoms with Crippen molar-refractivity contribution in [3.8, 4) is 11.5 Å². The number of rotatable bonds is 8. The first kappa shape index (κ1) is 16.3. The van der Waals surface area contributed by atoms with Crippen LogP contribution in [-0.2, 0) is 6.54 Å². The van der Waals surface area contributed by atoms with E-state index in [1.807, 2.05) is 12.1 Å². The molecule has 2 rings (SSSR count). The Morgan fingerprint density at radius 1 is 1.33 bits per heavy atom. The maximum Gasteiger partial charge on any atom is 0.441 e. The fourth-order valence-corrected chi connectivity index (χ4v) is 2.19. The van der Waals surface area contributed by atoms with Gasteiger partial charge in [0.05, 0.1) is 13.7 Å². The molecule has 7 heteroatoms. The molecular formula is C14H18F3NO2S. The van der Waals surface area contributed by atoms with Crippen molar-refractivity contribution in [3.05, 3.63) is 23.8 Å². The van der Waals surface area contributed by atoms with Gasteiger partial charge < -0.3 is 14.8 Å². The molecule has 1 saturated carbocycles. The Balaban J connectivity index is 1.90. The lowest BCUT2D eigenvalue weighted by Gasteiger charge is -2.14. The van der Waals surface area contributed by atoms with Crippen LogP contribution < -0.4 is 14.8 Å². The molecule has 3 nitrogen and oxygen atoms in total. The summed E-state index contributed by atoms with van der Waals surface area (Å²) in [6, 6.07) is 5.96. The molecule has 0 amide bonds. The van der Waals surface area contributed by atoms with E-state index in [0.29, 0.717) is 24.1 Å². The lowest BCUT2D eigenvalue weighted by atomic mass is 10.2. The molecule has 0 bridgehead atoms. The summed E-state index contributed by atoms with van der Waals surface area (Å²) < 4.78 is 46.8. The zero-order valence-electron chi connectivity index (χ0n) is 11.7. The molecule has 0 atom stereocenters. The first-order valence-corrected chi connectivity index (χ1v) is 7.70. The lowest BCUT2D eigenvalue weighted by Crippen LogP contribution is -2.16. The number of hydrogen-bond donors (Lipinski definition) is 1. The van der Waals surface area contributed by atoms with Gasteiger partial charge in [0.1, 0.15) is 11.5 Å². The Bertz CT molecular complexity index is 464. The number of nitrogens with one attached hydrogen (secondary N) is 1. The van der Waals surface area contributed by atoms with E-state index in [1.54, 1.807) is 13.2 Å². The third kappa shape index (κ3) is 6.05. The van der Waals surface area contributed by atoms with E-state index in [1.165, 1.54) is 12.8 Å². The van der Waals surface area contributed by atoms with Crippen molar-refractivity contribution in [2.75, 3.05) is 19.5 Å². The van der Waals surface area contributed by atoms with Crippen molar-refractivity contribution in [3.63, 3.8) is 0 Å². The van der Waals surface area contributed by atoms with E-state index in [2.05, 4.69) is 5.32 Å². The van der Waals surface area contributed by atoms with Gasteiger partial charge in [-0.1, -0.05) is 6.07 Å². The van der Waals surface area contributed by atoms with E-state index in [4.69, 9.17) is 9.47 Å². The highest BCUT2D eigenvalue weighted by Crippen LogP contribution is 2.31. The van der Waals surface area contributed by atoms with Gasteiger partial charge in [-0.2, -0.15) is 13.2 Å².